The van der Waals surface area contributed by atoms with Gasteiger partial charge in [0.05, 0.1) is 6.54 Å². The molecule has 0 radical (unpaired) electrons. The Bertz CT molecular complexity index is 589. The number of nitrogens with one attached hydrogen (secondary N) is 1. The number of amides is 1. The lowest BCUT2D eigenvalue weighted by Gasteiger charge is -2.15. The molecule has 0 saturated heterocycles. The average molecular weight is 274 g/mol. The third-order valence-corrected chi connectivity index (χ3v) is 4.37. The number of hydrogen-bond donors (Lipinski definition) is 1. The summed E-state index contributed by atoms with van der Waals surface area (Å²) in [5, 5.41) is 6.53. The van der Waals surface area contributed by atoms with Gasteiger partial charge in [-0.1, -0.05) is 18.2 Å². The second-order valence-corrected chi connectivity index (χ2v) is 6.18. The molecule has 1 aromatic carbocycles. The highest BCUT2D eigenvalue weighted by Crippen LogP contribution is 2.26. The van der Waals surface area contributed by atoms with Gasteiger partial charge in [0, 0.05) is 17.3 Å². The minimum absolute atomic E-state index is 0.143. The summed E-state index contributed by atoms with van der Waals surface area (Å²) in [6.07, 6.45) is 2.29. The van der Waals surface area contributed by atoms with Gasteiger partial charge in [0.25, 0.3) is 0 Å². The molecule has 3 rings (SSSR count). The van der Waals surface area contributed by atoms with Gasteiger partial charge in [-0.25, -0.2) is 0 Å². The van der Waals surface area contributed by atoms with Crippen LogP contribution in [0.15, 0.2) is 29.6 Å². The molecule has 1 heterocycles. The van der Waals surface area contributed by atoms with E-state index in [0.29, 0.717) is 12.6 Å². The van der Waals surface area contributed by atoms with Gasteiger partial charge in [-0.05, 0) is 42.3 Å². The summed E-state index contributed by atoms with van der Waals surface area (Å²) in [5.74, 6) is 0.143. The van der Waals surface area contributed by atoms with Crippen molar-refractivity contribution in [3.8, 4) is 0 Å². The summed E-state index contributed by atoms with van der Waals surface area (Å²) in [6, 6.07) is 8.87. The van der Waals surface area contributed by atoms with Gasteiger partial charge in [-0.15, -0.1) is 11.3 Å². The predicted octanol–water partition coefficient (Wildman–Crippen LogP) is 2.61. The molecule has 19 heavy (non-hydrogen) atoms. The number of fused-ring (bicyclic) bond motifs is 1. The molecule has 2 aromatic rings. The van der Waals surface area contributed by atoms with Crippen molar-refractivity contribution in [3.63, 3.8) is 0 Å². The van der Waals surface area contributed by atoms with Gasteiger partial charge < -0.3 is 5.32 Å². The van der Waals surface area contributed by atoms with Crippen molar-refractivity contribution < 1.29 is 4.79 Å². The number of rotatable bonds is 5. The maximum atomic E-state index is 11.7. The van der Waals surface area contributed by atoms with Crippen molar-refractivity contribution in [1.82, 2.24) is 10.2 Å². The molecule has 1 saturated carbocycles. The van der Waals surface area contributed by atoms with E-state index < -0.39 is 0 Å². The van der Waals surface area contributed by atoms with Crippen LogP contribution in [0.4, 0.5) is 0 Å². The zero-order valence-corrected chi connectivity index (χ0v) is 11.9. The van der Waals surface area contributed by atoms with Crippen molar-refractivity contribution in [2.75, 3.05) is 13.6 Å². The maximum absolute atomic E-state index is 11.7. The lowest BCUT2D eigenvalue weighted by Crippen LogP contribution is -2.35. The monoisotopic (exact) mass is 274 g/mol. The van der Waals surface area contributed by atoms with E-state index in [2.05, 4.69) is 39.9 Å². The number of nitrogens with zero attached hydrogens (tertiary/aromatic N) is 1. The van der Waals surface area contributed by atoms with Gasteiger partial charge in [0.2, 0.25) is 5.91 Å². The fourth-order valence-electron chi connectivity index (χ4n) is 2.25. The van der Waals surface area contributed by atoms with Crippen LogP contribution in [-0.2, 0) is 11.3 Å². The first-order chi connectivity index (χ1) is 9.22. The number of carbonyl (C=O) groups excluding carboxylic acids is 1. The smallest absolute Gasteiger partial charge is 0.234 e. The van der Waals surface area contributed by atoms with Crippen LogP contribution in [-0.4, -0.2) is 30.4 Å². The van der Waals surface area contributed by atoms with Crippen molar-refractivity contribution >= 4 is 27.3 Å². The van der Waals surface area contributed by atoms with Crippen molar-refractivity contribution in [2.24, 2.45) is 0 Å². The van der Waals surface area contributed by atoms with Gasteiger partial charge >= 0.3 is 0 Å². The Balaban J connectivity index is 1.61. The molecule has 1 aromatic heterocycles. The molecule has 0 aliphatic heterocycles. The van der Waals surface area contributed by atoms with Crippen LogP contribution < -0.4 is 5.32 Å². The molecule has 0 unspecified atom stereocenters. The van der Waals surface area contributed by atoms with Gasteiger partial charge in [-0.3, -0.25) is 9.69 Å². The predicted molar refractivity (Wildman–Crippen MR) is 79.3 cm³/mol. The van der Waals surface area contributed by atoms with Crippen LogP contribution >= 0.6 is 11.3 Å². The van der Waals surface area contributed by atoms with Crippen molar-refractivity contribution in [3.05, 3.63) is 35.2 Å². The van der Waals surface area contributed by atoms with Crippen LogP contribution in [0.2, 0.25) is 0 Å². The van der Waals surface area contributed by atoms with Crippen LogP contribution in [0.3, 0.4) is 0 Å². The maximum Gasteiger partial charge on any atom is 0.234 e. The second-order valence-electron chi connectivity index (χ2n) is 5.27. The zero-order chi connectivity index (χ0) is 13.2. The van der Waals surface area contributed by atoms with E-state index in [1.54, 1.807) is 11.3 Å². The standard InChI is InChI=1S/C15H18N2OS/c1-17(9-15(18)16-12-6-7-12)8-11-10-19-14-5-3-2-4-13(11)14/h2-5,10,12H,6-9H2,1H3,(H,16,18). The van der Waals surface area contributed by atoms with Crippen LogP contribution in [0.25, 0.3) is 10.1 Å². The Labute approximate surface area is 117 Å². The van der Waals surface area contributed by atoms with Gasteiger partial charge in [0.1, 0.15) is 0 Å². The Morgan fingerprint density at radius 3 is 3.00 bits per heavy atom. The normalized spacial score (nSPS) is 15.1. The largest absolute Gasteiger partial charge is 0.352 e. The molecule has 0 spiro atoms. The third kappa shape index (κ3) is 3.14. The summed E-state index contributed by atoms with van der Waals surface area (Å²) in [6.45, 7) is 1.29. The minimum Gasteiger partial charge on any atom is -0.352 e. The SMILES string of the molecule is CN(CC(=O)NC1CC1)Cc1csc2ccccc12. The first kappa shape index (κ1) is 12.6. The van der Waals surface area contributed by atoms with E-state index >= 15 is 0 Å². The van der Waals surface area contributed by atoms with E-state index in [4.69, 9.17) is 0 Å². The molecule has 4 heteroatoms. The number of hydrogen-bond acceptors (Lipinski definition) is 3. The van der Waals surface area contributed by atoms with E-state index in [1.807, 2.05) is 7.05 Å². The van der Waals surface area contributed by atoms with Crippen molar-refractivity contribution in [1.29, 1.82) is 0 Å². The molecule has 1 aliphatic rings. The Morgan fingerprint density at radius 1 is 1.42 bits per heavy atom. The highest BCUT2D eigenvalue weighted by atomic mass is 32.1. The minimum atomic E-state index is 0.143. The molecule has 1 fully saturated rings. The fourth-order valence-corrected chi connectivity index (χ4v) is 3.20. The van der Waals surface area contributed by atoms with Crippen LogP contribution in [0, 0.1) is 0 Å². The average Bonchev–Trinajstić information content (AvgIpc) is 3.10. The molecule has 0 atom stereocenters. The highest BCUT2D eigenvalue weighted by molar-refractivity contribution is 7.17. The molecule has 1 aliphatic carbocycles. The van der Waals surface area contributed by atoms with Crippen LogP contribution in [0.1, 0.15) is 18.4 Å². The second kappa shape index (κ2) is 5.31. The number of benzene rings is 1. The lowest BCUT2D eigenvalue weighted by molar-refractivity contribution is -0.122. The molecule has 0 bridgehead atoms. The Morgan fingerprint density at radius 2 is 2.21 bits per heavy atom. The van der Waals surface area contributed by atoms with Crippen LogP contribution in [0.5, 0.6) is 0 Å². The topological polar surface area (TPSA) is 32.3 Å². The van der Waals surface area contributed by atoms with Gasteiger partial charge in [0.15, 0.2) is 0 Å². The molecule has 1 N–H and O–H groups in total. The first-order valence-corrected chi connectivity index (χ1v) is 7.53. The lowest BCUT2D eigenvalue weighted by atomic mass is 10.2. The number of thiophene rings is 1. The first-order valence-electron chi connectivity index (χ1n) is 6.65. The molecular weight excluding hydrogens is 256 g/mol. The fraction of sp³-hybridized carbons (Fsp3) is 0.400. The Kier molecular flexibility index (Phi) is 3.53. The number of likely N-dealkylation sites (N-methyl/N-ethyl adjacent to an activating group) is 1. The zero-order valence-electron chi connectivity index (χ0n) is 11.1. The summed E-state index contributed by atoms with van der Waals surface area (Å²) in [5.41, 5.74) is 1.31. The quantitative estimate of drug-likeness (QED) is 0.909. The summed E-state index contributed by atoms with van der Waals surface area (Å²) in [7, 11) is 2.00. The summed E-state index contributed by atoms with van der Waals surface area (Å²) < 4.78 is 1.31. The van der Waals surface area contributed by atoms with E-state index in [0.717, 1.165) is 19.4 Å². The van der Waals surface area contributed by atoms with E-state index in [-0.39, 0.29) is 5.91 Å². The molecular formula is C15H18N2OS. The third-order valence-electron chi connectivity index (χ3n) is 3.36. The molecule has 1 amide bonds. The van der Waals surface area contributed by atoms with Gasteiger partial charge in [-0.2, -0.15) is 0 Å². The number of carbonyl (C=O) groups is 1. The van der Waals surface area contributed by atoms with E-state index in [1.165, 1.54) is 15.6 Å². The molecule has 3 nitrogen and oxygen atoms in total. The summed E-state index contributed by atoms with van der Waals surface area (Å²) >= 11 is 1.77. The highest BCUT2D eigenvalue weighted by Gasteiger charge is 2.23. The molecule has 100 valence electrons. The Hall–Kier alpha value is -1.39. The summed E-state index contributed by atoms with van der Waals surface area (Å²) in [4.78, 5) is 13.8. The van der Waals surface area contributed by atoms with Crippen molar-refractivity contribution in [2.45, 2.75) is 25.4 Å². The van der Waals surface area contributed by atoms with E-state index in [9.17, 15) is 4.79 Å².